The van der Waals surface area contributed by atoms with Gasteiger partial charge in [-0.15, -0.1) is 0 Å². The normalized spacial score (nSPS) is 13.3. The highest BCUT2D eigenvalue weighted by molar-refractivity contribution is 5.80. The van der Waals surface area contributed by atoms with Crippen LogP contribution >= 0.6 is 0 Å². The van der Waals surface area contributed by atoms with Crippen molar-refractivity contribution in [1.82, 2.24) is 10.6 Å². The summed E-state index contributed by atoms with van der Waals surface area (Å²) in [6, 6.07) is 0.373. The van der Waals surface area contributed by atoms with E-state index in [-0.39, 0.29) is 5.97 Å². The third-order valence-electron chi connectivity index (χ3n) is 2.72. The zero-order chi connectivity index (χ0) is 14.7. The quantitative estimate of drug-likeness (QED) is 0.402. The molecule has 0 aromatic carbocycles. The second-order valence-corrected chi connectivity index (χ2v) is 5.10. The lowest BCUT2D eigenvalue weighted by molar-refractivity contribution is -0.140. The molecule has 0 saturated heterocycles. The molecular formula is C14H29N3O2. The fourth-order valence-electron chi connectivity index (χ4n) is 1.57. The van der Waals surface area contributed by atoms with Crippen LogP contribution < -0.4 is 10.6 Å². The summed E-state index contributed by atoms with van der Waals surface area (Å²) in [6.45, 7) is 9.87. The van der Waals surface area contributed by atoms with Crippen LogP contribution in [0.4, 0.5) is 0 Å². The van der Waals surface area contributed by atoms with Gasteiger partial charge in [0, 0.05) is 12.6 Å². The van der Waals surface area contributed by atoms with Gasteiger partial charge in [0.1, 0.15) is 0 Å². The number of methoxy groups -OCH3 is 1. The topological polar surface area (TPSA) is 62.7 Å². The van der Waals surface area contributed by atoms with Crippen molar-refractivity contribution in [1.29, 1.82) is 0 Å². The third-order valence-corrected chi connectivity index (χ3v) is 2.72. The summed E-state index contributed by atoms with van der Waals surface area (Å²) in [5.41, 5.74) is 0. The van der Waals surface area contributed by atoms with Crippen molar-refractivity contribution in [3.05, 3.63) is 0 Å². The minimum Gasteiger partial charge on any atom is -0.469 e. The second kappa shape index (κ2) is 10.6. The van der Waals surface area contributed by atoms with Crippen LogP contribution in [0.5, 0.6) is 0 Å². The van der Waals surface area contributed by atoms with E-state index in [1.165, 1.54) is 13.5 Å². The van der Waals surface area contributed by atoms with Gasteiger partial charge in [-0.2, -0.15) is 0 Å². The number of esters is 1. The Morgan fingerprint density at radius 1 is 1.26 bits per heavy atom. The number of ether oxygens (including phenoxy) is 1. The molecule has 0 fully saturated rings. The van der Waals surface area contributed by atoms with Crippen LogP contribution in [-0.4, -0.2) is 38.2 Å². The first-order chi connectivity index (χ1) is 8.99. The van der Waals surface area contributed by atoms with Gasteiger partial charge >= 0.3 is 5.97 Å². The molecule has 5 nitrogen and oxygen atoms in total. The van der Waals surface area contributed by atoms with Crippen molar-refractivity contribution >= 4 is 11.9 Å². The molecule has 0 aliphatic rings. The zero-order valence-electron chi connectivity index (χ0n) is 13.0. The van der Waals surface area contributed by atoms with Crippen molar-refractivity contribution in [2.75, 3.05) is 20.2 Å². The van der Waals surface area contributed by atoms with Gasteiger partial charge < -0.3 is 15.4 Å². The molecule has 0 aliphatic heterocycles. The van der Waals surface area contributed by atoms with Crippen LogP contribution in [-0.2, 0) is 9.53 Å². The van der Waals surface area contributed by atoms with Crippen molar-refractivity contribution in [3.63, 3.8) is 0 Å². The molecule has 1 atom stereocenters. The van der Waals surface area contributed by atoms with E-state index >= 15 is 0 Å². The zero-order valence-corrected chi connectivity index (χ0v) is 13.0. The number of carbonyl (C=O) groups is 1. The van der Waals surface area contributed by atoms with Crippen LogP contribution in [0.15, 0.2) is 4.99 Å². The summed E-state index contributed by atoms with van der Waals surface area (Å²) in [4.78, 5) is 15.4. The van der Waals surface area contributed by atoms with Gasteiger partial charge in [-0.05, 0) is 32.6 Å². The summed E-state index contributed by atoms with van der Waals surface area (Å²) in [6.07, 6.45) is 2.61. The Bertz CT molecular complexity index is 278. The first-order valence-corrected chi connectivity index (χ1v) is 7.11. The SMILES string of the molecule is CCNC(=NCCC(=O)OC)NC(C)CCC(C)C. The molecule has 0 amide bonds. The Balaban J connectivity index is 4.15. The molecule has 2 N–H and O–H groups in total. The number of hydrogen-bond acceptors (Lipinski definition) is 3. The maximum atomic E-state index is 11.0. The lowest BCUT2D eigenvalue weighted by Crippen LogP contribution is -2.42. The number of nitrogens with one attached hydrogen (secondary N) is 2. The van der Waals surface area contributed by atoms with Crippen molar-refractivity contribution in [2.45, 2.75) is 53.0 Å². The predicted molar refractivity (Wildman–Crippen MR) is 79.3 cm³/mol. The largest absolute Gasteiger partial charge is 0.469 e. The maximum Gasteiger partial charge on any atom is 0.307 e. The van der Waals surface area contributed by atoms with Gasteiger partial charge in [0.25, 0.3) is 0 Å². The van der Waals surface area contributed by atoms with E-state index in [1.807, 2.05) is 6.92 Å². The molecule has 0 radical (unpaired) electrons. The van der Waals surface area contributed by atoms with Gasteiger partial charge in [-0.3, -0.25) is 9.79 Å². The summed E-state index contributed by atoms with van der Waals surface area (Å²) >= 11 is 0. The van der Waals surface area contributed by atoms with E-state index in [4.69, 9.17) is 0 Å². The Morgan fingerprint density at radius 2 is 1.95 bits per heavy atom. The van der Waals surface area contributed by atoms with Crippen LogP contribution in [0.1, 0.15) is 47.0 Å². The van der Waals surface area contributed by atoms with Crippen molar-refractivity contribution < 1.29 is 9.53 Å². The van der Waals surface area contributed by atoms with Gasteiger partial charge in [0.15, 0.2) is 5.96 Å². The van der Waals surface area contributed by atoms with E-state index in [0.29, 0.717) is 24.9 Å². The fraction of sp³-hybridized carbons (Fsp3) is 0.857. The first kappa shape index (κ1) is 17.7. The number of guanidine groups is 1. The van der Waals surface area contributed by atoms with Gasteiger partial charge in [0.05, 0.1) is 20.1 Å². The summed E-state index contributed by atoms with van der Waals surface area (Å²) in [7, 11) is 1.39. The number of carbonyl (C=O) groups excluding carboxylic acids is 1. The number of nitrogens with zero attached hydrogens (tertiary/aromatic N) is 1. The van der Waals surface area contributed by atoms with Crippen LogP contribution in [0.3, 0.4) is 0 Å². The summed E-state index contributed by atoms with van der Waals surface area (Å²) in [5, 5.41) is 6.53. The average Bonchev–Trinajstić information content (AvgIpc) is 2.36. The molecule has 112 valence electrons. The molecule has 0 aliphatic carbocycles. The van der Waals surface area contributed by atoms with E-state index < -0.39 is 0 Å². The Kier molecular flexibility index (Phi) is 9.94. The lowest BCUT2D eigenvalue weighted by Gasteiger charge is -2.18. The molecule has 0 aromatic heterocycles. The molecule has 0 spiro atoms. The molecule has 0 bridgehead atoms. The minimum atomic E-state index is -0.229. The Morgan fingerprint density at radius 3 is 2.47 bits per heavy atom. The first-order valence-electron chi connectivity index (χ1n) is 7.11. The second-order valence-electron chi connectivity index (χ2n) is 5.10. The monoisotopic (exact) mass is 271 g/mol. The smallest absolute Gasteiger partial charge is 0.307 e. The predicted octanol–water partition coefficient (Wildman–Crippen LogP) is 1.93. The molecule has 19 heavy (non-hydrogen) atoms. The minimum absolute atomic E-state index is 0.229. The standard InChI is InChI=1S/C14H29N3O2/c1-6-15-14(16-10-9-13(18)19-5)17-12(4)8-7-11(2)3/h11-12H,6-10H2,1-5H3,(H2,15,16,17). The Labute approximate surface area is 117 Å². The highest BCUT2D eigenvalue weighted by Gasteiger charge is 2.06. The van der Waals surface area contributed by atoms with Crippen LogP contribution in [0.2, 0.25) is 0 Å². The third kappa shape index (κ3) is 10.4. The molecule has 5 heteroatoms. The maximum absolute atomic E-state index is 11.0. The number of rotatable bonds is 8. The van der Waals surface area contributed by atoms with Crippen LogP contribution in [0.25, 0.3) is 0 Å². The van der Waals surface area contributed by atoms with Crippen molar-refractivity contribution in [2.24, 2.45) is 10.9 Å². The highest BCUT2D eigenvalue weighted by Crippen LogP contribution is 2.06. The fourth-order valence-corrected chi connectivity index (χ4v) is 1.57. The van der Waals surface area contributed by atoms with E-state index in [2.05, 4.69) is 41.1 Å². The van der Waals surface area contributed by atoms with Crippen LogP contribution in [0, 0.1) is 5.92 Å². The van der Waals surface area contributed by atoms with Crippen molar-refractivity contribution in [3.8, 4) is 0 Å². The summed E-state index contributed by atoms with van der Waals surface area (Å²) < 4.78 is 4.59. The molecule has 0 heterocycles. The lowest BCUT2D eigenvalue weighted by atomic mass is 10.0. The molecule has 0 aromatic rings. The van der Waals surface area contributed by atoms with E-state index in [0.717, 1.165) is 18.9 Å². The van der Waals surface area contributed by atoms with Gasteiger partial charge in [-0.1, -0.05) is 13.8 Å². The average molecular weight is 271 g/mol. The van der Waals surface area contributed by atoms with E-state index in [1.54, 1.807) is 0 Å². The molecule has 1 unspecified atom stereocenters. The van der Waals surface area contributed by atoms with Gasteiger partial charge in [-0.25, -0.2) is 0 Å². The molecule has 0 rings (SSSR count). The number of hydrogen-bond donors (Lipinski definition) is 2. The summed E-state index contributed by atoms with van der Waals surface area (Å²) in [5.74, 6) is 1.25. The molecular weight excluding hydrogens is 242 g/mol. The molecule has 0 saturated carbocycles. The Hall–Kier alpha value is -1.26. The van der Waals surface area contributed by atoms with E-state index in [9.17, 15) is 4.79 Å². The highest BCUT2D eigenvalue weighted by atomic mass is 16.5. The number of aliphatic imine (C=N–C) groups is 1. The van der Waals surface area contributed by atoms with Gasteiger partial charge in [0.2, 0.25) is 0 Å².